The second-order valence-corrected chi connectivity index (χ2v) is 2.31. The lowest BCUT2D eigenvalue weighted by Gasteiger charge is -2.03. The number of esters is 1. The number of aromatic hydroxyl groups is 1. The van der Waals surface area contributed by atoms with Crippen molar-refractivity contribution in [2.24, 2.45) is 0 Å². The number of pyridine rings is 1. The molecule has 13 heavy (non-hydrogen) atoms. The maximum atomic E-state index is 11.0. The molecule has 1 rings (SSSR count). The number of hydrogen-bond acceptors (Lipinski definition) is 5. The molecular formula is C8H10N2O3. The Morgan fingerprint density at radius 1 is 1.62 bits per heavy atom. The van der Waals surface area contributed by atoms with E-state index in [2.05, 4.69) is 15.0 Å². The molecule has 2 N–H and O–H groups in total. The van der Waals surface area contributed by atoms with Crippen molar-refractivity contribution in [3.05, 3.63) is 17.8 Å². The van der Waals surface area contributed by atoms with Gasteiger partial charge in [-0.05, 0) is 12.1 Å². The fraction of sp³-hybridized carbons (Fsp3) is 0.250. The largest absolute Gasteiger partial charge is 0.505 e. The average molecular weight is 182 g/mol. The van der Waals surface area contributed by atoms with Crippen molar-refractivity contribution in [3.8, 4) is 5.75 Å². The van der Waals surface area contributed by atoms with E-state index in [1.807, 2.05) is 0 Å². The molecule has 0 spiro atoms. The number of nitrogens with zero attached hydrogens (tertiary/aromatic N) is 1. The summed E-state index contributed by atoms with van der Waals surface area (Å²) in [5.74, 6) is -0.348. The Morgan fingerprint density at radius 3 is 2.85 bits per heavy atom. The van der Waals surface area contributed by atoms with Gasteiger partial charge in [-0.25, -0.2) is 9.78 Å². The van der Waals surface area contributed by atoms with Crippen molar-refractivity contribution in [1.82, 2.24) is 4.98 Å². The third-order valence-electron chi connectivity index (χ3n) is 1.51. The lowest BCUT2D eigenvalue weighted by atomic mass is 10.3. The number of nitrogens with one attached hydrogen (secondary N) is 1. The average Bonchev–Trinajstić information content (AvgIpc) is 2.17. The lowest BCUT2D eigenvalue weighted by Crippen LogP contribution is -2.06. The molecule has 0 aliphatic rings. The first-order chi connectivity index (χ1) is 6.19. The second kappa shape index (κ2) is 3.75. The highest BCUT2D eigenvalue weighted by molar-refractivity contribution is 5.90. The summed E-state index contributed by atoms with van der Waals surface area (Å²) in [6.45, 7) is 0. The summed E-state index contributed by atoms with van der Waals surface area (Å²) in [6.07, 6.45) is 0. The quantitative estimate of drug-likeness (QED) is 0.656. The molecule has 0 atom stereocenters. The van der Waals surface area contributed by atoms with Gasteiger partial charge < -0.3 is 15.2 Å². The number of carbonyl (C=O) groups is 1. The predicted octanol–water partition coefficient (Wildman–Crippen LogP) is 0.615. The van der Waals surface area contributed by atoms with Crippen LogP contribution in [0, 0.1) is 0 Å². The van der Waals surface area contributed by atoms with Gasteiger partial charge >= 0.3 is 5.97 Å². The molecule has 1 aromatic rings. The third kappa shape index (κ3) is 1.87. The van der Waals surface area contributed by atoms with Gasteiger partial charge in [0, 0.05) is 7.05 Å². The van der Waals surface area contributed by atoms with Gasteiger partial charge in [-0.3, -0.25) is 0 Å². The van der Waals surface area contributed by atoms with Crippen LogP contribution in [0.5, 0.6) is 5.75 Å². The topological polar surface area (TPSA) is 71.5 Å². The van der Waals surface area contributed by atoms with Crippen LogP contribution in [0.2, 0.25) is 0 Å². The molecule has 0 aliphatic heterocycles. The number of carbonyl (C=O) groups excluding carboxylic acids is 1. The predicted molar refractivity (Wildman–Crippen MR) is 46.8 cm³/mol. The Hall–Kier alpha value is -1.78. The summed E-state index contributed by atoms with van der Waals surface area (Å²) in [4.78, 5) is 14.9. The molecule has 0 unspecified atom stereocenters. The molecule has 1 heterocycles. The molecule has 0 aromatic carbocycles. The van der Waals surface area contributed by atoms with E-state index in [0.717, 1.165) is 0 Å². The van der Waals surface area contributed by atoms with Crippen molar-refractivity contribution >= 4 is 11.8 Å². The number of rotatable bonds is 2. The first kappa shape index (κ1) is 9.31. The fourth-order valence-corrected chi connectivity index (χ4v) is 0.838. The Kier molecular flexibility index (Phi) is 2.69. The Bertz CT molecular complexity index is 325. The molecule has 1 aromatic heterocycles. The van der Waals surface area contributed by atoms with Crippen LogP contribution in [0.1, 0.15) is 10.5 Å². The summed E-state index contributed by atoms with van der Waals surface area (Å²) in [5.41, 5.74) is -0.0886. The van der Waals surface area contributed by atoms with Gasteiger partial charge in [-0.15, -0.1) is 0 Å². The van der Waals surface area contributed by atoms with E-state index >= 15 is 0 Å². The SMILES string of the molecule is CNc1ccc(O)c(C(=O)OC)n1. The van der Waals surface area contributed by atoms with Crippen molar-refractivity contribution in [3.63, 3.8) is 0 Å². The number of anilines is 1. The smallest absolute Gasteiger partial charge is 0.360 e. The van der Waals surface area contributed by atoms with E-state index in [-0.39, 0.29) is 11.4 Å². The number of aromatic nitrogens is 1. The fourth-order valence-electron chi connectivity index (χ4n) is 0.838. The third-order valence-corrected chi connectivity index (χ3v) is 1.51. The molecule has 0 radical (unpaired) electrons. The molecule has 0 aliphatic carbocycles. The van der Waals surface area contributed by atoms with Crippen LogP contribution in [0.3, 0.4) is 0 Å². The minimum absolute atomic E-state index is 0.0886. The monoisotopic (exact) mass is 182 g/mol. The summed E-state index contributed by atoms with van der Waals surface area (Å²) >= 11 is 0. The number of methoxy groups -OCH3 is 1. The van der Waals surface area contributed by atoms with E-state index < -0.39 is 5.97 Å². The first-order valence-electron chi connectivity index (χ1n) is 3.65. The van der Waals surface area contributed by atoms with E-state index in [4.69, 9.17) is 0 Å². The van der Waals surface area contributed by atoms with Crippen molar-refractivity contribution < 1.29 is 14.6 Å². The van der Waals surface area contributed by atoms with Gasteiger partial charge in [-0.1, -0.05) is 0 Å². The highest BCUT2D eigenvalue weighted by atomic mass is 16.5. The maximum Gasteiger partial charge on any atom is 0.360 e. The van der Waals surface area contributed by atoms with Gasteiger partial charge in [0.2, 0.25) is 0 Å². The normalized spacial score (nSPS) is 9.38. The zero-order chi connectivity index (χ0) is 9.84. The molecular weight excluding hydrogens is 172 g/mol. The summed E-state index contributed by atoms with van der Waals surface area (Å²) < 4.78 is 4.43. The van der Waals surface area contributed by atoms with Crippen molar-refractivity contribution in [1.29, 1.82) is 0 Å². The standard InChI is InChI=1S/C8H10N2O3/c1-9-6-4-3-5(11)7(10-6)8(12)13-2/h3-4,11H,1-2H3,(H,9,10). The Balaban J connectivity index is 3.11. The Labute approximate surface area is 75.4 Å². The highest BCUT2D eigenvalue weighted by Gasteiger charge is 2.13. The van der Waals surface area contributed by atoms with Crippen LogP contribution in [0.15, 0.2) is 12.1 Å². The molecule has 0 saturated heterocycles. The van der Waals surface area contributed by atoms with Crippen LogP contribution in [0.4, 0.5) is 5.82 Å². The van der Waals surface area contributed by atoms with Gasteiger partial charge in [0.15, 0.2) is 5.69 Å². The van der Waals surface area contributed by atoms with E-state index in [1.54, 1.807) is 13.1 Å². The summed E-state index contributed by atoms with van der Waals surface area (Å²) in [5, 5.41) is 12.0. The van der Waals surface area contributed by atoms with Crippen LogP contribution < -0.4 is 5.32 Å². The molecule has 0 bridgehead atoms. The van der Waals surface area contributed by atoms with Crippen LogP contribution >= 0.6 is 0 Å². The molecule has 5 heteroatoms. The molecule has 0 saturated carbocycles. The summed E-state index contributed by atoms with van der Waals surface area (Å²) in [6, 6.07) is 2.94. The highest BCUT2D eigenvalue weighted by Crippen LogP contribution is 2.17. The Morgan fingerprint density at radius 2 is 2.31 bits per heavy atom. The minimum atomic E-state index is -0.658. The van der Waals surface area contributed by atoms with Gasteiger partial charge in [0.05, 0.1) is 7.11 Å². The molecule has 70 valence electrons. The van der Waals surface area contributed by atoms with Gasteiger partial charge in [0.1, 0.15) is 11.6 Å². The van der Waals surface area contributed by atoms with Crippen LogP contribution in [-0.4, -0.2) is 30.2 Å². The van der Waals surface area contributed by atoms with Crippen LogP contribution in [-0.2, 0) is 4.74 Å². The number of hydrogen-bond donors (Lipinski definition) is 2. The van der Waals surface area contributed by atoms with Gasteiger partial charge in [-0.2, -0.15) is 0 Å². The zero-order valence-corrected chi connectivity index (χ0v) is 7.37. The summed E-state index contributed by atoms with van der Waals surface area (Å²) in [7, 11) is 2.90. The van der Waals surface area contributed by atoms with Crippen LogP contribution in [0.25, 0.3) is 0 Å². The number of ether oxygens (including phenoxy) is 1. The minimum Gasteiger partial charge on any atom is -0.505 e. The zero-order valence-electron chi connectivity index (χ0n) is 7.37. The second-order valence-electron chi connectivity index (χ2n) is 2.31. The maximum absolute atomic E-state index is 11.0. The van der Waals surface area contributed by atoms with Crippen molar-refractivity contribution in [2.45, 2.75) is 0 Å². The first-order valence-corrected chi connectivity index (χ1v) is 3.65. The molecule has 0 amide bonds. The van der Waals surface area contributed by atoms with E-state index in [0.29, 0.717) is 5.82 Å². The molecule has 0 fully saturated rings. The van der Waals surface area contributed by atoms with E-state index in [9.17, 15) is 9.90 Å². The molecule has 5 nitrogen and oxygen atoms in total. The van der Waals surface area contributed by atoms with Gasteiger partial charge in [0.25, 0.3) is 0 Å². The lowest BCUT2D eigenvalue weighted by molar-refractivity contribution is 0.0590. The van der Waals surface area contributed by atoms with Crippen molar-refractivity contribution in [2.75, 3.05) is 19.5 Å². The van der Waals surface area contributed by atoms with E-state index in [1.165, 1.54) is 13.2 Å².